The number of aliphatic hydroxyl groups excluding tert-OH is 1. The van der Waals surface area contributed by atoms with E-state index in [1.54, 1.807) is 0 Å². The molecule has 0 heterocycles. The van der Waals surface area contributed by atoms with Crippen LogP contribution in [0.25, 0.3) is 6.08 Å². The van der Waals surface area contributed by atoms with Crippen molar-refractivity contribution in [2.75, 3.05) is 21.1 Å². The van der Waals surface area contributed by atoms with Crippen molar-refractivity contribution in [3.63, 3.8) is 0 Å². The highest BCUT2D eigenvalue weighted by Crippen LogP contribution is 2.33. The number of rotatable bonds is 2. The Bertz CT molecular complexity index is 484. The molecule has 0 saturated heterocycles. The van der Waals surface area contributed by atoms with Crippen LogP contribution in [0.15, 0.2) is 36.9 Å². The molecule has 1 aliphatic carbocycles. The van der Waals surface area contributed by atoms with Gasteiger partial charge in [-0.25, -0.2) is 0 Å². The van der Waals surface area contributed by atoms with Crippen LogP contribution in [0, 0.1) is 6.92 Å². The second kappa shape index (κ2) is 17.1. The Kier molecular flexibility index (Phi) is 17.6. The molecule has 0 amide bonds. The average molecular weight is 362 g/mol. The number of hydrogen-bond donors (Lipinski definition) is 1. The predicted octanol–water partition coefficient (Wildman–Crippen LogP) is 6.44. The lowest BCUT2D eigenvalue weighted by atomic mass is 9.81. The van der Waals surface area contributed by atoms with Crippen molar-refractivity contribution in [3.05, 3.63) is 53.6 Å². The minimum absolute atomic E-state index is 0.150. The maximum Gasteiger partial charge on any atom is 0.0608 e. The van der Waals surface area contributed by atoms with Gasteiger partial charge in [0.05, 0.1) is 6.10 Å². The summed E-state index contributed by atoms with van der Waals surface area (Å²) in [5, 5.41) is 10.0. The second-order valence-electron chi connectivity index (χ2n) is 6.79. The molecule has 1 N–H and O–H groups in total. The summed E-state index contributed by atoms with van der Waals surface area (Å²) in [5.74, 6) is 0.339. The van der Waals surface area contributed by atoms with Gasteiger partial charge in [-0.3, -0.25) is 0 Å². The molecule has 0 aromatic heterocycles. The van der Waals surface area contributed by atoms with Gasteiger partial charge in [0.25, 0.3) is 0 Å². The van der Waals surface area contributed by atoms with Gasteiger partial charge in [-0.05, 0) is 71.4 Å². The lowest BCUT2D eigenvalue weighted by Gasteiger charge is -2.28. The van der Waals surface area contributed by atoms with Crippen LogP contribution in [0.2, 0.25) is 0 Å². The lowest BCUT2D eigenvalue weighted by molar-refractivity contribution is 0.106. The van der Waals surface area contributed by atoms with Crippen LogP contribution in [-0.4, -0.2) is 37.3 Å². The van der Waals surface area contributed by atoms with E-state index in [9.17, 15) is 5.11 Å². The van der Waals surface area contributed by atoms with Crippen molar-refractivity contribution >= 4 is 6.08 Å². The van der Waals surface area contributed by atoms with Gasteiger partial charge in [0, 0.05) is 5.92 Å². The van der Waals surface area contributed by atoms with Crippen LogP contribution >= 0.6 is 0 Å². The Labute approximate surface area is 163 Å². The van der Waals surface area contributed by atoms with Crippen LogP contribution in [-0.2, 0) is 0 Å². The summed E-state index contributed by atoms with van der Waals surface area (Å²) in [4.78, 5) is 2.00. The van der Waals surface area contributed by atoms with E-state index in [4.69, 9.17) is 0 Å². The number of nitrogens with zero attached hydrogens (tertiary/aromatic N) is 1. The smallest absolute Gasteiger partial charge is 0.0608 e. The Morgan fingerprint density at radius 3 is 1.92 bits per heavy atom. The van der Waals surface area contributed by atoms with Gasteiger partial charge in [0.1, 0.15) is 0 Å². The number of aliphatic hydroxyl groups is 1. The fraction of sp³-hybridized carbons (Fsp3) is 0.583. The summed E-state index contributed by atoms with van der Waals surface area (Å²) in [6.07, 6.45) is 10.2. The SMILES string of the molecule is C/C=C\C.C=Cc1ccc(C2CCCCC2O)cc1C.CC.CN(C)C. The third kappa shape index (κ3) is 12.1. The van der Waals surface area contributed by atoms with Gasteiger partial charge < -0.3 is 10.0 Å². The number of hydrogen-bond acceptors (Lipinski definition) is 2. The molecule has 2 nitrogen and oxygen atoms in total. The summed E-state index contributed by atoms with van der Waals surface area (Å²) < 4.78 is 0. The number of allylic oxidation sites excluding steroid dienone is 2. The average Bonchev–Trinajstić information content (AvgIpc) is 2.63. The van der Waals surface area contributed by atoms with E-state index in [2.05, 4.69) is 31.7 Å². The van der Waals surface area contributed by atoms with Crippen molar-refractivity contribution in [1.82, 2.24) is 4.90 Å². The van der Waals surface area contributed by atoms with Crippen molar-refractivity contribution in [2.45, 2.75) is 72.3 Å². The maximum atomic E-state index is 10.0. The molecular formula is C24H43NO. The van der Waals surface area contributed by atoms with Crippen LogP contribution in [0.1, 0.15) is 76.0 Å². The fourth-order valence-corrected chi connectivity index (χ4v) is 2.66. The maximum absolute atomic E-state index is 10.0. The molecule has 2 heteroatoms. The summed E-state index contributed by atoms with van der Waals surface area (Å²) in [7, 11) is 6.00. The highest BCUT2D eigenvalue weighted by atomic mass is 16.3. The Hall–Kier alpha value is -1.38. The standard InChI is InChI=1S/C15H20O.C4H8.C3H9N.C2H6/c1-3-12-8-9-13(10-11(12)2)14-6-4-5-7-15(14)16;1-3-4-2;1-4(2)3;1-2/h3,8-10,14-16H,1,4-7H2,2H3;3-4H,1-2H3;1-3H3;1-2H3/b;4-3-;;. The second-order valence-corrected chi connectivity index (χ2v) is 6.79. The van der Waals surface area contributed by atoms with E-state index in [-0.39, 0.29) is 6.10 Å². The molecule has 26 heavy (non-hydrogen) atoms. The summed E-state index contributed by atoms with van der Waals surface area (Å²) in [5.41, 5.74) is 3.73. The monoisotopic (exact) mass is 361 g/mol. The van der Waals surface area contributed by atoms with Gasteiger partial charge in [0.2, 0.25) is 0 Å². The molecule has 1 saturated carbocycles. The number of aryl methyl sites for hydroxylation is 1. The molecule has 1 aromatic rings. The van der Waals surface area contributed by atoms with Gasteiger partial charge in [-0.2, -0.15) is 0 Å². The first-order valence-electron chi connectivity index (χ1n) is 9.96. The van der Waals surface area contributed by atoms with Gasteiger partial charge in [-0.1, -0.05) is 69.7 Å². The first-order valence-corrected chi connectivity index (χ1v) is 9.96. The molecule has 2 rings (SSSR count). The normalized spacial score (nSPS) is 18.7. The van der Waals surface area contributed by atoms with Gasteiger partial charge in [-0.15, -0.1) is 0 Å². The van der Waals surface area contributed by atoms with Crippen LogP contribution in [0.4, 0.5) is 0 Å². The van der Waals surface area contributed by atoms with Crippen molar-refractivity contribution in [3.8, 4) is 0 Å². The Morgan fingerprint density at radius 1 is 1.04 bits per heavy atom. The molecule has 1 aliphatic rings. The molecule has 0 bridgehead atoms. The van der Waals surface area contributed by atoms with E-state index in [1.165, 1.54) is 29.5 Å². The molecule has 1 fully saturated rings. The van der Waals surface area contributed by atoms with Crippen molar-refractivity contribution < 1.29 is 5.11 Å². The van der Waals surface area contributed by atoms with Crippen LogP contribution in [0.5, 0.6) is 0 Å². The van der Waals surface area contributed by atoms with E-state index in [0.717, 1.165) is 12.8 Å². The molecule has 1 aromatic carbocycles. The van der Waals surface area contributed by atoms with E-state index in [1.807, 2.05) is 72.0 Å². The fourth-order valence-electron chi connectivity index (χ4n) is 2.66. The minimum Gasteiger partial charge on any atom is -0.392 e. The van der Waals surface area contributed by atoms with E-state index >= 15 is 0 Å². The largest absolute Gasteiger partial charge is 0.392 e. The van der Waals surface area contributed by atoms with Crippen LogP contribution in [0.3, 0.4) is 0 Å². The quantitative estimate of drug-likeness (QED) is 0.612. The summed E-state index contributed by atoms with van der Waals surface area (Å²) >= 11 is 0. The zero-order valence-corrected chi connectivity index (χ0v) is 18.5. The van der Waals surface area contributed by atoms with Crippen molar-refractivity contribution in [2.24, 2.45) is 0 Å². The molecule has 0 radical (unpaired) electrons. The molecule has 0 spiro atoms. The van der Waals surface area contributed by atoms with Gasteiger partial charge >= 0.3 is 0 Å². The summed E-state index contributed by atoms with van der Waals surface area (Å²) in [6, 6.07) is 6.46. The molecule has 2 unspecified atom stereocenters. The highest BCUT2D eigenvalue weighted by Gasteiger charge is 2.24. The Balaban J connectivity index is 0. The van der Waals surface area contributed by atoms with Crippen LogP contribution < -0.4 is 0 Å². The first kappa shape index (κ1) is 26.8. The summed E-state index contributed by atoms with van der Waals surface area (Å²) in [6.45, 7) is 13.9. The minimum atomic E-state index is -0.150. The highest BCUT2D eigenvalue weighted by molar-refractivity contribution is 5.52. The number of benzene rings is 1. The zero-order valence-electron chi connectivity index (χ0n) is 18.5. The van der Waals surface area contributed by atoms with E-state index < -0.39 is 0 Å². The molecular weight excluding hydrogens is 318 g/mol. The lowest BCUT2D eigenvalue weighted by Crippen LogP contribution is -2.22. The van der Waals surface area contributed by atoms with Crippen molar-refractivity contribution in [1.29, 1.82) is 0 Å². The molecule has 150 valence electrons. The third-order valence-electron chi connectivity index (χ3n) is 4.00. The zero-order chi connectivity index (χ0) is 20.5. The predicted molar refractivity (Wildman–Crippen MR) is 120 cm³/mol. The molecule has 2 atom stereocenters. The topological polar surface area (TPSA) is 23.5 Å². The van der Waals surface area contributed by atoms with Gasteiger partial charge in [0.15, 0.2) is 0 Å². The third-order valence-corrected chi connectivity index (χ3v) is 4.00. The Morgan fingerprint density at radius 2 is 1.54 bits per heavy atom. The molecule has 0 aliphatic heterocycles. The first-order chi connectivity index (χ1) is 12.4. The van der Waals surface area contributed by atoms with E-state index in [0.29, 0.717) is 5.92 Å².